The van der Waals surface area contributed by atoms with Crippen LogP contribution in [0.15, 0.2) is 11.0 Å². The molecule has 0 aromatic heterocycles. The highest BCUT2D eigenvalue weighted by atomic mass is 35.5. The lowest BCUT2D eigenvalue weighted by molar-refractivity contribution is 0.435. The molecule has 5 heteroatoms. The van der Waals surface area contributed by atoms with E-state index in [1.54, 1.807) is 6.26 Å². The zero-order chi connectivity index (χ0) is 9.30. The van der Waals surface area contributed by atoms with Crippen LogP contribution in [0.5, 0.6) is 0 Å². The molecule has 12 heavy (non-hydrogen) atoms. The number of hydrogen-bond acceptors (Lipinski definition) is 1. The number of benzene rings is 1. The van der Waals surface area contributed by atoms with Crippen LogP contribution in [0.25, 0.3) is 0 Å². The first-order chi connectivity index (χ1) is 5.57. The average Bonchev–Trinajstić information content (AvgIpc) is 2.08. The van der Waals surface area contributed by atoms with Crippen LogP contribution in [0.2, 0.25) is 5.02 Å². The normalized spacial score (nSPS) is 10.4. The zero-order valence-electron chi connectivity index (χ0n) is 6.00. The second-order valence-electron chi connectivity index (χ2n) is 2.00. The maximum absolute atomic E-state index is 12.7. The molecule has 0 amide bonds. The predicted molar refractivity (Wildman–Crippen MR) is 43.1 cm³/mol. The molecule has 66 valence electrons. The van der Waals surface area contributed by atoms with Crippen LogP contribution in [0.3, 0.4) is 0 Å². The van der Waals surface area contributed by atoms with Gasteiger partial charge in [-0.3, -0.25) is 0 Å². The predicted octanol–water partition coefficient (Wildman–Crippen LogP) is 3.48. The molecule has 0 aliphatic heterocycles. The first kappa shape index (κ1) is 9.74. The smallest absolute Gasteiger partial charge is 0.197 e. The molecule has 0 saturated heterocycles. The summed E-state index contributed by atoms with van der Waals surface area (Å²) >= 11 is 6.24. The van der Waals surface area contributed by atoms with Crippen LogP contribution < -0.4 is 0 Å². The second-order valence-corrected chi connectivity index (χ2v) is 3.26. The largest absolute Gasteiger partial charge is 0.202 e. The molecular weight excluding hydrogens is 209 g/mol. The lowest BCUT2D eigenvalue weighted by atomic mass is 10.3. The van der Waals surface area contributed by atoms with E-state index in [0.29, 0.717) is 0 Å². The molecular formula is C7H4ClF3S. The number of halogens is 4. The van der Waals surface area contributed by atoms with Crippen LogP contribution in [-0.2, 0) is 0 Å². The van der Waals surface area contributed by atoms with E-state index in [9.17, 15) is 13.2 Å². The fourth-order valence-electron chi connectivity index (χ4n) is 0.700. The Balaban J connectivity index is 3.39. The van der Waals surface area contributed by atoms with Gasteiger partial charge in [-0.15, -0.1) is 11.8 Å². The first-order valence-corrected chi connectivity index (χ1v) is 4.55. The zero-order valence-corrected chi connectivity index (χ0v) is 7.57. The fraction of sp³-hybridized carbons (Fsp3) is 0.143. The average molecular weight is 213 g/mol. The highest BCUT2D eigenvalue weighted by Gasteiger charge is 2.16. The lowest BCUT2D eigenvalue weighted by Gasteiger charge is -2.02. The lowest BCUT2D eigenvalue weighted by Crippen LogP contribution is -1.93. The molecule has 0 saturated carbocycles. The van der Waals surface area contributed by atoms with E-state index in [1.807, 2.05) is 0 Å². The van der Waals surface area contributed by atoms with Crippen LogP contribution in [-0.4, -0.2) is 6.26 Å². The minimum atomic E-state index is -1.52. The molecule has 0 unspecified atom stereocenters. The van der Waals surface area contributed by atoms with Crippen molar-refractivity contribution in [3.8, 4) is 0 Å². The third-order valence-electron chi connectivity index (χ3n) is 1.29. The van der Waals surface area contributed by atoms with Gasteiger partial charge < -0.3 is 0 Å². The Morgan fingerprint density at radius 1 is 1.17 bits per heavy atom. The van der Waals surface area contributed by atoms with Crippen molar-refractivity contribution in [1.29, 1.82) is 0 Å². The van der Waals surface area contributed by atoms with Gasteiger partial charge >= 0.3 is 0 Å². The Morgan fingerprint density at radius 2 is 1.75 bits per heavy atom. The summed E-state index contributed by atoms with van der Waals surface area (Å²) in [5.41, 5.74) is 0. The van der Waals surface area contributed by atoms with E-state index < -0.39 is 22.5 Å². The molecule has 1 aromatic rings. The van der Waals surface area contributed by atoms with E-state index in [1.165, 1.54) is 0 Å². The van der Waals surface area contributed by atoms with Crippen molar-refractivity contribution in [3.63, 3.8) is 0 Å². The van der Waals surface area contributed by atoms with E-state index in [-0.39, 0.29) is 4.90 Å². The third kappa shape index (κ3) is 1.54. The number of hydrogen-bond donors (Lipinski definition) is 0. The van der Waals surface area contributed by atoms with Gasteiger partial charge in [0.2, 0.25) is 0 Å². The summed E-state index contributed by atoms with van der Waals surface area (Å²) in [5.74, 6) is -4.05. The van der Waals surface area contributed by atoms with Crippen molar-refractivity contribution in [2.45, 2.75) is 4.90 Å². The SMILES string of the molecule is CSc1cc(Cl)c(F)c(F)c1F. The molecule has 0 nitrogen and oxygen atoms in total. The highest BCUT2D eigenvalue weighted by Crippen LogP contribution is 2.28. The van der Waals surface area contributed by atoms with Crippen LogP contribution in [0, 0.1) is 17.5 Å². The highest BCUT2D eigenvalue weighted by molar-refractivity contribution is 7.98. The molecule has 0 aliphatic rings. The third-order valence-corrected chi connectivity index (χ3v) is 2.30. The molecule has 0 fully saturated rings. The minimum Gasteiger partial charge on any atom is -0.202 e. The standard InChI is InChI=1S/C7H4ClF3S/c1-12-4-2-3(8)5(9)7(11)6(4)10/h2H,1H3. The summed E-state index contributed by atoms with van der Waals surface area (Å²) in [6.45, 7) is 0. The topological polar surface area (TPSA) is 0 Å². The van der Waals surface area contributed by atoms with Gasteiger partial charge in [-0.05, 0) is 12.3 Å². The Hall–Kier alpha value is -0.350. The van der Waals surface area contributed by atoms with E-state index in [0.717, 1.165) is 17.8 Å². The van der Waals surface area contributed by atoms with Gasteiger partial charge in [0.25, 0.3) is 0 Å². The molecule has 0 bridgehead atoms. The van der Waals surface area contributed by atoms with Crippen molar-refractivity contribution in [1.82, 2.24) is 0 Å². The maximum Gasteiger partial charge on any atom is 0.197 e. The Morgan fingerprint density at radius 3 is 2.25 bits per heavy atom. The molecule has 0 N–H and O–H groups in total. The summed E-state index contributed by atoms with van der Waals surface area (Å²) in [5, 5.41) is -0.404. The summed E-state index contributed by atoms with van der Waals surface area (Å²) in [7, 11) is 0. The summed E-state index contributed by atoms with van der Waals surface area (Å²) in [6.07, 6.45) is 1.55. The molecule has 1 aromatic carbocycles. The summed E-state index contributed by atoms with van der Waals surface area (Å²) in [6, 6.07) is 1.06. The van der Waals surface area contributed by atoms with Crippen molar-refractivity contribution < 1.29 is 13.2 Å². The van der Waals surface area contributed by atoms with Crippen molar-refractivity contribution in [2.24, 2.45) is 0 Å². The fourth-order valence-corrected chi connectivity index (χ4v) is 1.46. The van der Waals surface area contributed by atoms with Gasteiger partial charge in [-0.2, -0.15) is 0 Å². The minimum absolute atomic E-state index is 0.00102. The quantitative estimate of drug-likeness (QED) is 0.390. The Kier molecular flexibility index (Phi) is 2.90. The second kappa shape index (κ2) is 3.58. The number of thioether (sulfide) groups is 1. The van der Waals surface area contributed by atoms with Crippen molar-refractivity contribution in [3.05, 3.63) is 28.5 Å². The molecule has 0 radical (unpaired) electrons. The first-order valence-electron chi connectivity index (χ1n) is 2.95. The Bertz CT molecular complexity index is 314. The molecule has 0 heterocycles. The van der Waals surface area contributed by atoms with Gasteiger partial charge in [0.05, 0.1) is 5.02 Å². The van der Waals surface area contributed by atoms with E-state index in [2.05, 4.69) is 0 Å². The number of rotatable bonds is 1. The van der Waals surface area contributed by atoms with Crippen LogP contribution >= 0.6 is 23.4 Å². The maximum atomic E-state index is 12.7. The van der Waals surface area contributed by atoms with Crippen molar-refractivity contribution in [2.75, 3.05) is 6.26 Å². The van der Waals surface area contributed by atoms with E-state index >= 15 is 0 Å². The van der Waals surface area contributed by atoms with E-state index in [4.69, 9.17) is 11.6 Å². The van der Waals surface area contributed by atoms with Gasteiger partial charge in [0, 0.05) is 4.90 Å². The van der Waals surface area contributed by atoms with Gasteiger partial charge in [-0.25, -0.2) is 13.2 Å². The van der Waals surface area contributed by atoms with Crippen molar-refractivity contribution >= 4 is 23.4 Å². The van der Waals surface area contributed by atoms with Gasteiger partial charge in [-0.1, -0.05) is 11.6 Å². The van der Waals surface area contributed by atoms with Crippen LogP contribution in [0.4, 0.5) is 13.2 Å². The molecule has 0 atom stereocenters. The molecule has 0 aliphatic carbocycles. The molecule has 0 spiro atoms. The summed E-state index contributed by atoms with van der Waals surface area (Å²) in [4.78, 5) is -0.00102. The summed E-state index contributed by atoms with van der Waals surface area (Å²) < 4.78 is 37.9. The van der Waals surface area contributed by atoms with Gasteiger partial charge in [0.15, 0.2) is 17.5 Å². The molecule has 1 rings (SSSR count). The monoisotopic (exact) mass is 212 g/mol. The van der Waals surface area contributed by atoms with Gasteiger partial charge in [0.1, 0.15) is 0 Å². The Labute approximate surface area is 76.7 Å². The van der Waals surface area contributed by atoms with Crippen LogP contribution in [0.1, 0.15) is 0 Å².